The van der Waals surface area contributed by atoms with Crippen LogP contribution in [0.4, 0.5) is 10.5 Å². The summed E-state index contributed by atoms with van der Waals surface area (Å²) in [5.74, 6) is -0.256. The number of hydrogen-bond donors (Lipinski definition) is 0. The van der Waals surface area contributed by atoms with Gasteiger partial charge in [-0.2, -0.15) is 0 Å². The molecule has 2 heterocycles. The number of carbonyl (C=O) groups excluding carboxylic acids is 2. The summed E-state index contributed by atoms with van der Waals surface area (Å²) in [6.07, 6.45) is 1.04. The number of para-hydroxylation sites is 1. The number of anilines is 1. The summed E-state index contributed by atoms with van der Waals surface area (Å²) in [6, 6.07) is 12.3. The normalized spacial score (nSPS) is 16.2. The number of halogens is 1. The van der Waals surface area contributed by atoms with Gasteiger partial charge in [0, 0.05) is 12.2 Å². The Kier molecular flexibility index (Phi) is 6.07. The lowest BCUT2D eigenvalue weighted by atomic mass is 10.1. The number of rotatable bonds is 2. The highest BCUT2D eigenvalue weighted by Crippen LogP contribution is 2.31. The van der Waals surface area contributed by atoms with E-state index < -0.39 is 11.7 Å². The van der Waals surface area contributed by atoms with Crippen molar-refractivity contribution in [3.8, 4) is 5.69 Å². The third kappa shape index (κ3) is 4.83. The van der Waals surface area contributed by atoms with Crippen LogP contribution < -0.4 is 4.90 Å². The molecule has 1 atom stereocenters. The minimum absolute atomic E-state index is 0.256. The van der Waals surface area contributed by atoms with Gasteiger partial charge in [0.15, 0.2) is 0 Å². The van der Waals surface area contributed by atoms with Gasteiger partial charge in [-0.25, -0.2) is 9.48 Å². The molecule has 0 aliphatic carbocycles. The Morgan fingerprint density at radius 2 is 1.91 bits per heavy atom. The first-order valence-electron chi connectivity index (χ1n) is 10.6. The highest BCUT2D eigenvalue weighted by Gasteiger charge is 2.34. The van der Waals surface area contributed by atoms with Crippen LogP contribution in [0.15, 0.2) is 48.8 Å². The molecule has 0 fully saturated rings. The van der Waals surface area contributed by atoms with Crippen molar-refractivity contribution in [1.82, 2.24) is 25.1 Å². The zero-order chi connectivity index (χ0) is 23.8. The molecular weight excluding hydrogens is 444 g/mol. The number of nitrogens with zero attached hydrogens (tertiary/aromatic N) is 6. The average Bonchev–Trinajstić information content (AvgIpc) is 3.24. The van der Waals surface area contributed by atoms with E-state index >= 15 is 0 Å². The number of ether oxygens (including phenoxy) is 1. The Bertz CT molecular complexity index is 1180. The molecular formula is C23H25ClN6O3. The van der Waals surface area contributed by atoms with Gasteiger partial charge in [0.25, 0.3) is 5.91 Å². The predicted octanol–water partition coefficient (Wildman–Crippen LogP) is 4.10. The molecule has 0 saturated carbocycles. The molecule has 0 unspecified atom stereocenters. The molecule has 1 aliphatic rings. The first-order chi connectivity index (χ1) is 15.6. The molecule has 2 amide bonds. The fourth-order valence-electron chi connectivity index (χ4n) is 3.71. The van der Waals surface area contributed by atoms with E-state index in [-0.39, 0.29) is 17.0 Å². The average molecular weight is 469 g/mol. The van der Waals surface area contributed by atoms with Gasteiger partial charge >= 0.3 is 6.09 Å². The van der Waals surface area contributed by atoms with E-state index in [1.807, 2.05) is 52.0 Å². The van der Waals surface area contributed by atoms with Gasteiger partial charge in [-0.05, 0) is 68.0 Å². The first-order valence-corrected chi connectivity index (χ1v) is 10.9. The Labute approximate surface area is 196 Å². The summed E-state index contributed by atoms with van der Waals surface area (Å²) in [5, 5.41) is 11.4. The van der Waals surface area contributed by atoms with Gasteiger partial charge in [-0.1, -0.05) is 29.8 Å². The minimum Gasteiger partial charge on any atom is -0.444 e. The summed E-state index contributed by atoms with van der Waals surface area (Å²) < 4.78 is 7.07. The van der Waals surface area contributed by atoms with Crippen molar-refractivity contribution >= 4 is 29.3 Å². The third-order valence-electron chi connectivity index (χ3n) is 5.27. The Morgan fingerprint density at radius 3 is 2.58 bits per heavy atom. The summed E-state index contributed by atoms with van der Waals surface area (Å²) in [4.78, 5) is 29.9. The van der Waals surface area contributed by atoms with Crippen molar-refractivity contribution in [3.05, 3.63) is 64.9 Å². The fourth-order valence-corrected chi connectivity index (χ4v) is 3.97. The SMILES string of the molecule is C[C@@H]1CN(C(=O)c2ccc(-n3cnnn3)cc2Cl)c2ccccc2CN1C(=O)OC(C)(C)C. The molecule has 0 N–H and O–H groups in total. The van der Waals surface area contributed by atoms with E-state index in [1.54, 1.807) is 28.0 Å². The van der Waals surface area contributed by atoms with E-state index in [1.165, 1.54) is 11.0 Å². The molecule has 1 aromatic heterocycles. The second kappa shape index (κ2) is 8.82. The molecule has 0 radical (unpaired) electrons. The van der Waals surface area contributed by atoms with E-state index in [9.17, 15) is 9.59 Å². The molecule has 1 aliphatic heterocycles. The van der Waals surface area contributed by atoms with Crippen molar-refractivity contribution in [2.75, 3.05) is 11.4 Å². The monoisotopic (exact) mass is 468 g/mol. The molecule has 3 aromatic rings. The van der Waals surface area contributed by atoms with Gasteiger partial charge in [-0.15, -0.1) is 5.10 Å². The van der Waals surface area contributed by atoms with Gasteiger partial charge in [0.05, 0.1) is 28.9 Å². The van der Waals surface area contributed by atoms with Crippen LogP contribution in [0.25, 0.3) is 5.69 Å². The van der Waals surface area contributed by atoms with Crippen molar-refractivity contribution < 1.29 is 14.3 Å². The van der Waals surface area contributed by atoms with Crippen LogP contribution in [0, 0.1) is 0 Å². The lowest BCUT2D eigenvalue weighted by Gasteiger charge is -2.31. The van der Waals surface area contributed by atoms with Crippen LogP contribution in [-0.4, -0.2) is 55.3 Å². The lowest BCUT2D eigenvalue weighted by Crippen LogP contribution is -2.46. The number of hydrogen-bond acceptors (Lipinski definition) is 6. The number of benzene rings is 2. The molecule has 0 spiro atoms. The molecule has 33 heavy (non-hydrogen) atoms. The van der Waals surface area contributed by atoms with Crippen LogP contribution in [-0.2, 0) is 11.3 Å². The number of tetrazole rings is 1. The van der Waals surface area contributed by atoms with Crippen LogP contribution in [0.3, 0.4) is 0 Å². The zero-order valence-corrected chi connectivity index (χ0v) is 19.7. The Hall–Kier alpha value is -3.46. The Morgan fingerprint density at radius 1 is 1.15 bits per heavy atom. The number of aromatic nitrogens is 4. The number of fused-ring (bicyclic) bond motifs is 1. The quantitative estimate of drug-likeness (QED) is 0.562. The van der Waals surface area contributed by atoms with Crippen LogP contribution in [0.5, 0.6) is 0 Å². The van der Waals surface area contributed by atoms with Gasteiger partial charge in [-0.3, -0.25) is 9.69 Å². The van der Waals surface area contributed by atoms with Gasteiger partial charge < -0.3 is 9.64 Å². The van der Waals surface area contributed by atoms with Crippen molar-refractivity contribution in [1.29, 1.82) is 0 Å². The summed E-state index contributed by atoms with van der Waals surface area (Å²) in [6.45, 7) is 8.02. The van der Waals surface area contributed by atoms with E-state index in [4.69, 9.17) is 16.3 Å². The maximum Gasteiger partial charge on any atom is 0.410 e. The highest BCUT2D eigenvalue weighted by atomic mass is 35.5. The fraction of sp³-hybridized carbons (Fsp3) is 0.348. The standard InChI is InChI=1S/C23H25ClN6O3/c1-15-12-29(21(31)18-10-9-17(11-19(18)24)30-14-25-26-27-30)20-8-6-5-7-16(20)13-28(15)22(32)33-23(2,3)4/h5-11,14-15H,12-13H2,1-4H3/t15-/m1/s1. The van der Waals surface area contributed by atoms with Crippen molar-refractivity contribution in [2.24, 2.45) is 0 Å². The molecule has 2 aromatic carbocycles. The topological polar surface area (TPSA) is 93.5 Å². The maximum atomic E-state index is 13.6. The second-order valence-electron chi connectivity index (χ2n) is 8.92. The van der Waals surface area contributed by atoms with Crippen LogP contribution in [0.1, 0.15) is 43.6 Å². The minimum atomic E-state index is -0.618. The summed E-state index contributed by atoms with van der Waals surface area (Å²) in [5.41, 5.74) is 1.96. The molecule has 10 heteroatoms. The Balaban J connectivity index is 1.67. The smallest absolute Gasteiger partial charge is 0.410 e. The van der Waals surface area contributed by atoms with E-state index in [0.29, 0.717) is 24.3 Å². The maximum absolute atomic E-state index is 13.6. The largest absolute Gasteiger partial charge is 0.444 e. The molecule has 0 bridgehead atoms. The highest BCUT2D eigenvalue weighted by molar-refractivity contribution is 6.34. The van der Waals surface area contributed by atoms with Crippen LogP contribution in [0.2, 0.25) is 5.02 Å². The van der Waals surface area contributed by atoms with E-state index in [2.05, 4.69) is 15.5 Å². The molecule has 0 saturated heterocycles. The predicted molar refractivity (Wildman–Crippen MR) is 124 cm³/mol. The van der Waals surface area contributed by atoms with Gasteiger partial charge in [0.1, 0.15) is 11.9 Å². The third-order valence-corrected chi connectivity index (χ3v) is 5.58. The van der Waals surface area contributed by atoms with Crippen LogP contribution >= 0.6 is 11.6 Å². The van der Waals surface area contributed by atoms with Crippen molar-refractivity contribution in [3.63, 3.8) is 0 Å². The summed E-state index contributed by atoms with van der Waals surface area (Å²) >= 11 is 6.50. The number of amides is 2. The van der Waals surface area contributed by atoms with Crippen molar-refractivity contribution in [2.45, 2.75) is 45.9 Å². The number of carbonyl (C=O) groups is 2. The summed E-state index contributed by atoms with van der Waals surface area (Å²) in [7, 11) is 0. The van der Waals surface area contributed by atoms with Gasteiger partial charge in [0.2, 0.25) is 0 Å². The first kappa shape index (κ1) is 22.7. The lowest BCUT2D eigenvalue weighted by molar-refractivity contribution is 0.0167. The zero-order valence-electron chi connectivity index (χ0n) is 18.9. The molecule has 4 rings (SSSR count). The molecule has 172 valence electrons. The molecule has 9 nitrogen and oxygen atoms in total. The van der Waals surface area contributed by atoms with E-state index in [0.717, 1.165) is 11.3 Å². The second-order valence-corrected chi connectivity index (χ2v) is 9.33.